The zero-order valence-electron chi connectivity index (χ0n) is 14.7. The lowest BCUT2D eigenvalue weighted by Crippen LogP contribution is -2.03. The van der Waals surface area contributed by atoms with Gasteiger partial charge in [0.2, 0.25) is 0 Å². The first-order valence-corrected chi connectivity index (χ1v) is 9.01. The van der Waals surface area contributed by atoms with Gasteiger partial charge in [-0.25, -0.2) is 4.98 Å². The van der Waals surface area contributed by atoms with Crippen molar-refractivity contribution in [3.63, 3.8) is 0 Å². The molecule has 0 aliphatic carbocycles. The molecule has 0 bridgehead atoms. The molecule has 0 radical (unpaired) electrons. The number of ether oxygens (including phenoxy) is 1. The molecule has 26 heavy (non-hydrogen) atoms. The maximum Gasteiger partial charge on any atom is 0.129 e. The number of hydrogen-bond donors (Lipinski definition) is 0. The van der Waals surface area contributed by atoms with Crippen molar-refractivity contribution >= 4 is 22.6 Å². The van der Waals surface area contributed by atoms with Gasteiger partial charge in [0.1, 0.15) is 22.8 Å². The Kier molecular flexibility index (Phi) is 4.39. The van der Waals surface area contributed by atoms with Crippen molar-refractivity contribution in [2.24, 2.45) is 0 Å². The Morgan fingerprint density at radius 1 is 0.885 bits per heavy atom. The van der Waals surface area contributed by atoms with Crippen molar-refractivity contribution in [1.29, 1.82) is 0 Å². The normalized spacial score (nSPS) is 11.2. The van der Waals surface area contributed by atoms with Gasteiger partial charge in [0.15, 0.2) is 0 Å². The van der Waals surface area contributed by atoms with Crippen LogP contribution in [0.2, 0.25) is 5.02 Å². The van der Waals surface area contributed by atoms with Crippen molar-refractivity contribution in [2.75, 3.05) is 0 Å². The molecule has 1 heterocycles. The van der Waals surface area contributed by atoms with Crippen molar-refractivity contribution < 1.29 is 4.74 Å². The fraction of sp³-hybridized carbons (Fsp3) is 0.136. The maximum absolute atomic E-state index is 6.37. The minimum atomic E-state index is 0.261. The molecule has 0 aliphatic heterocycles. The van der Waals surface area contributed by atoms with Crippen LogP contribution in [-0.2, 0) is 0 Å². The smallest absolute Gasteiger partial charge is 0.129 e. The predicted octanol–water partition coefficient (Wildman–Crippen LogP) is 6.59. The largest absolute Gasteiger partial charge is 0.457 e. The number of rotatable bonds is 4. The predicted molar refractivity (Wildman–Crippen MR) is 107 cm³/mol. The zero-order chi connectivity index (χ0) is 18.1. The van der Waals surface area contributed by atoms with Crippen LogP contribution < -0.4 is 4.74 Å². The van der Waals surface area contributed by atoms with E-state index in [1.54, 1.807) is 0 Å². The lowest BCUT2D eigenvalue weighted by Gasteiger charge is -2.13. The van der Waals surface area contributed by atoms with E-state index in [1.807, 2.05) is 66.7 Å². The van der Waals surface area contributed by atoms with Crippen LogP contribution in [0, 0.1) is 0 Å². The average molecular weight is 363 g/mol. The SMILES string of the molecule is CC(C)c1nc2c(Cl)cccc2n1-c1cccc(Oc2ccccc2)c1. The number of nitrogens with zero attached hydrogens (tertiary/aromatic N) is 2. The molecule has 0 N–H and O–H groups in total. The topological polar surface area (TPSA) is 27.1 Å². The highest BCUT2D eigenvalue weighted by Gasteiger charge is 2.17. The maximum atomic E-state index is 6.37. The van der Waals surface area contributed by atoms with Gasteiger partial charge < -0.3 is 4.74 Å². The fourth-order valence-electron chi connectivity index (χ4n) is 3.05. The van der Waals surface area contributed by atoms with E-state index in [9.17, 15) is 0 Å². The molecule has 0 amide bonds. The number of imidazole rings is 1. The first kappa shape index (κ1) is 16.7. The van der Waals surface area contributed by atoms with Gasteiger partial charge in [-0.05, 0) is 36.4 Å². The summed E-state index contributed by atoms with van der Waals surface area (Å²) in [5.41, 5.74) is 2.83. The number of halogens is 1. The van der Waals surface area contributed by atoms with Gasteiger partial charge in [-0.2, -0.15) is 0 Å². The summed E-state index contributed by atoms with van der Waals surface area (Å²) in [5, 5.41) is 0.667. The van der Waals surface area contributed by atoms with Gasteiger partial charge in [-0.3, -0.25) is 4.57 Å². The molecule has 4 aromatic rings. The van der Waals surface area contributed by atoms with Crippen molar-refractivity contribution in [1.82, 2.24) is 9.55 Å². The minimum Gasteiger partial charge on any atom is -0.457 e. The Balaban J connectivity index is 1.84. The summed E-state index contributed by atoms with van der Waals surface area (Å²) in [6.45, 7) is 4.27. The van der Waals surface area contributed by atoms with E-state index in [0.29, 0.717) is 5.02 Å². The van der Waals surface area contributed by atoms with Gasteiger partial charge >= 0.3 is 0 Å². The van der Waals surface area contributed by atoms with Crippen LogP contribution in [-0.4, -0.2) is 9.55 Å². The summed E-state index contributed by atoms with van der Waals surface area (Å²) >= 11 is 6.37. The second-order valence-electron chi connectivity index (χ2n) is 6.48. The quantitative estimate of drug-likeness (QED) is 0.409. The highest BCUT2D eigenvalue weighted by Crippen LogP contribution is 2.32. The molecule has 0 spiro atoms. The van der Waals surface area contributed by atoms with E-state index in [2.05, 4.69) is 24.5 Å². The molecule has 130 valence electrons. The molecular formula is C22H19ClN2O. The zero-order valence-corrected chi connectivity index (χ0v) is 15.4. The van der Waals surface area contributed by atoms with Crippen LogP contribution in [0.5, 0.6) is 11.5 Å². The molecule has 0 fully saturated rings. The average Bonchev–Trinajstić information content (AvgIpc) is 3.04. The Hall–Kier alpha value is -2.78. The van der Waals surface area contributed by atoms with Crippen LogP contribution in [0.3, 0.4) is 0 Å². The molecule has 3 nitrogen and oxygen atoms in total. The molecule has 4 heteroatoms. The number of para-hydroxylation sites is 2. The second kappa shape index (κ2) is 6.85. The summed E-state index contributed by atoms with van der Waals surface area (Å²) in [7, 11) is 0. The number of hydrogen-bond acceptors (Lipinski definition) is 2. The Labute approximate surface area is 157 Å². The molecule has 3 aromatic carbocycles. The molecule has 0 unspecified atom stereocenters. The monoisotopic (exact) mass is 362 g/mol. The van der Waals surface area contributed by atoms with Crippen molar-refractivity contribution in [3.8, 4) is 17.2 Å². The standard InChI is InChI=1S/C22H19ClN2O/c1-15(2)22-24-21-19(23)12-7-13-20(21)25(22)16-8-6-11-18(14-16)26-17-9-4-3-5-10-17/h3-15H,1-2H3. The van der Waals surface area contributed by atoms with Gasteiger partial charge in [0, 0.05) is 12.0 Å². The van der Waals surface area contributed by atoms with Crippen LogP contribution in [0.1, 0.15) is 25.6 Å². The summed E-state index contributed by atoms with van der Waals surface area (Å²) in [4.78, 5) is 4.79. The molecule has 0 atom stereocenters. The van der Waals surface area contributed by atoms with Gasteiger partial charge in [0.05, 0.1) is 16.2 Å². The highest BCUT2D eigenvalue weighted by atomic mass is 35.5. The minimum absolute atomic E-state index is 0.261. The number of benzene rings is 3. The fourth-order valence-corrected chi connectivity index (χ4v) is 3.26. The highest BCUT2D eigenvalue weighted by molar-refractivity contribution is 6.35. The van der Waals surface area contributed by atoms with E-state index in [4.69, 9.17) is 21.3 Å². The second-order valence-corrected chi connectivity index (χ2v) is 6.89. The van der Waals surface area contributed by atoms with E-state index in [1.165, 1.54) is 0 Å². The van der Waals surface area contributed by atoms with Crippen LogP contribution in [0.15, 0.2) is 72.8 Å². The van der Waals surface area contributed by atoms with Crippen molar-refractivity contribution in [2.45, 2.75) is 19.8 Å². The van der Waals surface area contributed by atoms with Gasteiger partial charge in [-0.15, -0.1) is 0 Å². The molecule has 0 saturated heterocycles. The lowest BCUT2D eigenvalue weighted by molar-refractivity contribution is 0.482. The van der Waals surface area contributed by atoms with Crippen molar-refractivity contribution in [3.05, 3.63) is 83.6 Å². The molecule has 0 aliphatic rings. The first-order valence-electron chi connectivity index (χ1n) is 8.63. The number of aromatic nitrogens is 2. The summed E-state index contributed by atoms with van der Waals surface area (Å²) in [5.74, 6) is 2.83. The van der Waals surface area contributed by atoms with E-state index in [0.717, 1.165) is 34.0 Å². The third-order valence-corrected chi connectivity index (χ3v) is 4.54. The Morgan fingerprint density at radius 2 is 1.62 bits per heavy atom. The first-order chi connectivity index (χ1) is 12.6. The van der Waals surface area contributed by atoms with Crippen LogP contribution in [0.4, 0.5) is 0 Å². The Bertz CT molecular complexity index is 1050. The lowest BCUT2D eigenvalue weighted by atomic mass is 10.2. The molecule has 1 aromatic heterocycles. The number of fused-ring (bicyclic) bond motifs is 1. The summed E-state index contributed by atoms with van der Waals surface area (Å²) in [6.07, 6.45) is 0. The van der Waals surface area contributed by atoms with E-state index >= 15 is 0 Å². The third-order valence-electron chi connectivity index (χ3n) is 4.23. The third kappa shape index (κ3) is 3.06. The Morgan fingerprint density at radius 3 is 2.38 bits per heavy atom. The van der Waals surface area contributed by atoms with Crippen LogP contribution in [0.25, 0.3) is 16.7 Å². The molecule has 4 rings (SSSR count). The summed E-state index contributed by atoms with van der Waals surface area (Å²) < 4.78 is 8.15. The van der Waals surface area contributed by atoms with E-state index < -0.39 is 0 Å². The van der Waals surface area contributed by atoms with E-state index in [-0.39, 0.29) is 5.92 Å². The molecular weight excluding hydrogens is 344 g/mol. The van der Waals surface area contributed by atoms with Gasteiger partial charge in [0.25, 0.3) is 0 Å². The summed E-state index contributed by atoms with van der Waals surface area (Å²) in [6, 6.07) is 23.7. The molecule has 0 saturated carbocycles. The van der Waals surface area contributed by atoms with Crippen LogP contribution >= 0.6 is 11.6 Å². The van der Waals surface area contributed by atoms with Gasteiger partial charge in [-0.1, -0.05) is 55.8 Å².